The van der Waals surface area contributed by atoms with E-state index in [1.165, 1.54) is 5.56 Å². The molecule has 1 fully saturated rings. The number of carbonyl (C=O) groups is 1. The summed E-state index contributed by atoms with van der Waals surface area (Å²) in [5.74, 6) is 1.27. The fraction of sp³-hybridized carbons (Fsp3) is 0.500. The Balaban J connectivity index is 1.86. The molecule has 2 atom stereocenters. The molecule has 1 amide bonds. The van der Waals surface area contributed by atoms with Crippen LogP contribution in [0.4, 0.5) is 0 Å². The molecule has 4 heteroatoms. The zero-order valence-electron chi connectivity index (χ0n) is 10.5. The summed E-state index contributed by atoms with van der Waals surface area (Å²) < 4.78 is -0.219. The lowest BCUT2D eigenvalue weighted by Gasteiger charge is -2.22. The highest BCUT2D eigenvalue weighted by atomic mass is 79.9. The van der Waals surface area contributed by atoms with Crippen molar-refractivity contribution in [3.63, 3.8) is 0 Å². The molecule has 0 radical (unpaired) electrons. The first kappa shape index (κ1) is 13.9. The van der Waals surface area contributed by atoms with E-state index in [9.17, 15) is 4.79 Å². The Bertz CT molecular complexity index is 404. The number of rotatable bonds is 4. The molecule has 1 aromatic rings. The fourth-order valence-electron chi connectivity index (χ4n) is 2.11. The lowest BCUT2D eigenvalue weighted by atomic mass is 10.0. The van der Waals surface area contributed by atoms with Gasteiger partial charge in [-0.15, -0.1) is 11.8 Å². The Morgan fingerprint density at radius 1 is 1.50 bits per heavy atom. The van der Waals surface area contributed by atoms with Crippen molar-refractivity contribution >= 4 is 33.6 Å². The second-order valence-corrected chi connectivity index (χ2v) is 7.47. The molecular formula is C14H18BrNOS. The van der Waals surface area contributed by atoms with E-state index < -0.39 is 0 Å². The van der Waals surface area contributed by atoms with Crippen LogP contribution >= 0.6 is 27.7 Å². The maximum absolute atomic E-state index is 12.2. The number of hydrogen-bond donors (Lipinski definition) is 1. The van der Waals surface area contributed by atoms with Crippen LogP contribution in [0.1, 0.15) is 30.2 Å². The smallest absolute Gasteiger partial charge is 0.235 e. The van der Waals surface area contributed by atoms with E-state index in [0.717, 1.165) is 18.6 Å². The molecule has 1 heterocycles. The lowest BCUT2D eigenvalue weighted by molar-refractivity contribution is -0.123. The van der Waals surface area contributed by atoms with Gasteiger partial charge in [-0.05, 0) is 31.1 Å². The molecule has 2 unspecified atom stereocenters. The van der Waals surface area contributed by atoms with E-state index in [-0.39, 0.29) is 15.5 Å². The van der Waals surface area contributed by atoms with Gasteiger partial charge in [0.15, 0.2) is 0 Å². The second-order valence-electron chi connectivity index (χ2n) is 4.77. The zero-order chi connectivity index (χ0) is 13.0. The van der Waals surface area contributed by atoms with Crippen molar-refractivity contribution in [2.45, 2.75) is 29.3 Å². The van der Waals surface area contributed by atoms with Gasteiger partial charge in [0, 0.05) is 6.54 Å². The van der Waals surface area contributed by atoms with E-state index in [0.29, 0.717) is 6.54 Å². The molecule has 1 N–H and O–H groups in total. The lowest BCUT2D eigenvalue weighted by Crippen LogP contribution is -2.41. The molecule has 1 saturated heterocycles. The van der Waals surface area contributed by atoms with Gasteiger partial charge in [-0.25, -0.2) is 0 Å². The number of amides is 1. The van der Waals surface area contributed by atoms with Gasteiger partial charge in [-0.3, -0.25) is 4.79 Å². The normalized spacial score (nSPS) is 24.8. The van der Waals surface area contributed by atoms with Gasteiger partial charge < -0.3 is 5.32 Å². The van der Waals surface area contributed by atoms with Crippen LogP contribution in [0.15, 0.2) is 30.3 Å². The minimum absolute atomic E-state index is 0.172. The number of hydrogen-bond acceptors (Lipinski definition) is 2. The summed E-state index contributed by atoms with van der Waals surface area (Å²) in [5.41, 5.74) is 1.20. The zero-order valence-corrected chi connectivity index (χ0v) is 12.9. The highest BCUT2D eigenvalue weighted by molar-refractivity contribution is 9.09. The molecule has 0 spiro atoms. The van der Waals surface area contributed by atoms with Crippen LogP contribution in [0.25, 0.3) is 0 Å². The number of alkyl halides is 1. The molecule has 0 saturated carbocycles. The monoisotopic (exact) mass is 327 g/mol. The highest BCUT2D eigenvalue weighted by Gasteiger charge is 2.37. The van der Waals surface area contributed by atoms with Gasteiger partial charge in [0.2, 0.25) is 5.91 Å². The van der Waals surface area contributed by atoms with Crippen molar-refractivity contribution in [1.29, 1.82) is 0 Å². The van der Waals surface area contributed by atoms with Crippen LogP contribution in [0.2, 0.25) is 0 Å². The van der Waals surface area contributed by atoms with Gasteiger partial charge in [0.1, 0.15) is 0 Å². The van der Waals surface area contributed by atoms with Crippen LogP contribution in [0.5, 0.6) is 0 Å². The van der Waals surface area contributed by atoms with Crippen LogP contribution in [-0.2, 0) is 4.79 Å². The Morgan fingerprint density at radius 2 is 2.22 bits per heavy atom. The molecule has 1 aliphatic rings. The van der Waals surface area contributed by atoms with Crippen molar-refractivity contribution in [2.24, 2.45) is 0 Å². The molecule has 1 aliphatic heterocycles. The average Bonchev–Trinajstić information content (AvgIpc) is 2.85. The number of carbonyl (C=O) groups excluding carboxylic acids is 1. The summed E-state index contributed by atoms with van der Waals surface area (Å²) in [4.78, 5) is 12.3. The molecule has 2 nitrogen and oxygen atoms in total. The van der Waals surface area contributed by atoms with Crippen LogP contribution < -0.4 is 5.32 Å². The van der Waals surface area contributed by atoms with Crippen molar-refractivity contribution in [3.8, 4) is 0 Å². The average molecular weight is 328 g/mol. The summed E-state index contributed by atoms with van der Waals surface area (Å²) in [5, 5.41) is 3.06. The van der Waals surface area contributed by atoms with Crippen molar-refractivity contribution < 1.29 is 4.79 Å². The summed E-state index contributed by atoms with van der Waals surface area (Å²) in [7, 11) is 0. The Kier molecular flexibility index (Phi) is 4.73. The standard InChI is InChI=1S/C14H18BrNOS/c1-14(8-5-9-18-14)13(17)16-10-12(15)11-6-3-2-4-7-11/h2-4,6-7,12H,5,8-10H2,1H3,(H,16,17). The maximum Gasteiger partial charge on any atom is 0.235 e. The molecule has 1 aromatic carbocycles. The van der Waals surface area contributed by atoms with Crippen LogP contribution in [-0.4, -0.2) is 23.0 Å². The van der Waals surface area contributed by atoms with E-state index >= 15 is 0 Å². The summed E-state index contributed by atoms with van der Waals surface area (Å²) >= 11 is 5.39. The predicted octanol–water partition coefficient (Wildman–Crippen LogP) is 3.52. The summed E-state index contributed by atoms with van der Waals surface area (Å²) in [6, 6.07) is 10.2. The fourth-order valence-corrected chi connectivity index (χ4v) is 3.81. The Hall–Kier alpha value is -0.480. The number of halogens is 1. The van der Waals surface area contributed by atoms with Gasteiger partial charge in [0.25, 0.3) is 0 Å². The van der Waals surface area contributed by atoms with E-state index in [2.05, 4.69) is 33.4 Å². The third-order valence-electron chi connectivity index (χ3n) is 3.30. The third-order valence-corrected chi connectivity index (χ3v) is 5.67. The molecule has 0 aliphatic carbocycles. The van der Waals surface area contributed by atoms with Gasteiger partial charge in [-0.2, -0.15) is 0 Å². The third kappa shape index (κ3) is 3.29. The largest absolute Gasteiger partial charge is 0.353 e. The van der Waals surface area contributed by atoms with Gasteiger partial charge >= 0.3 is 0 Å². The molecular weight excluding hydrogens is 310 g/mol. The van der Waals surface area contributed by atoms with Gasteiger partial charge in [-0.1, -0.05) is 46.3 Å². The minimum atomic E-state index is -0.219. The highest BCUT2D eigenvalue weighted by Crippen LogP contribution is 2.37. The number of benzene rings is 1. The Morgan fingerprint density at radius 3 is 2.83 bits per heavy atom. The minimum Gasteiger partial charge on any atom is -0.353 e. The molecule has 18 heavy (non-hydrogen) atoms. The SMILES string of the molecule is CC1(C(=O)NCC(Br)c2ccccc2)CCCS1. The van der Waals surface area contributed by atoms with Crippen molar-refractivity contribution in [2.75, 3.05) is 12.3 Å². The van der Waals surface area contributed by atoms with Crippen molar-refractivity contribution in [1.82, 2.24) is 5.32 Å². The molecule has 0 bridgehead atoms. The predicted molar refractivity (Wildman–Crippen MR) is 81.2 cm³/mol. The quantitative estimate of drug-likeness (QED) is 0.857. The maximum atomic E-state index is 12.2. The van der Waals surface area contributed by atoms with Gasteiger partial charge in [0.05, 0.1) is 9.57 Å². The summed E-state index contributed by atoms with van der Waals surface area (Å²) in [6.45, 7) is 2.69. The topological polar surface area (TPSA) is 29.1 Å². The number of nitrogens with one attached hydrogen (secondary N) is 1. The first-order valence-electron chi connectivity index (χ1n) is 6.23. The van der Waals surface area contributed by atoms with Crippen LogP contribution in [0.3, 0.4) is 0 Å². The van der Waals surface area contributed by atoms with Crippen LogP contribution in [0, 0.1) is 0 Å². The number of thioether (sulfide) groups is 1. The first-order chi connectivity index (χ1) is 8.62. The molecule has 2 rings (SSSR count). The molecule has 0 aromatic heterocycles. The van der Waals surface area contributed by atoms with E-state index in [1.807, 2.05) is 25.1 Å². The second kappa shape index (κ2) is 6.11. The van der Waals surface area contributed by atoms with E-state index in [1.54, 1.807) is 11.8 Å². The summed E-state index contributed by atoms with van der Waals surface area (Å²) in [6.07, 6.45) is 2.13. The molecule has 98 valence electrons. The Labute approximate surface area is 121 Å². The van der Waals surface area contributed by atoms with Crippen molar-refractivity contribution in [3.05, 3.63) is 35.9 Å². The van der Waals surface area contributed by atoms with E-state index in [4.69, 9.17) is 0 Å². The first-order valence-corrected chi connectivity index (χ1v) is 8.13.